The van der Waals surface area contributed by atoms with Gasteiger partial charge in [0.1, 0.15) is 19.3 Å². The van der Waals surface area contributed by atoms with Crippen LogP contribution in [0.25, 0.3) is 0 Å². The molecule has 17 nitrogen and oxygen atoms in total. The minimum atomic E-state index is -4.96. The second-order valence-corrected chi connectivity index (χ2v) is 32.7. The van der Waals surface area contributed by atoms with Gasteiger partial charge in [-0.05, 0) is 37.5 Å². The van der Waals surface area contributed by atoms with Crippen LogP contribution in [-0.4, -0.2) is 96.7 Å². The molecule has 5 atom stereocenters. The Morgan fingerprint density at radius 3 is 0.687 bits per heavy atom. The number of hydrogen-bond donors (Lipinski definition) is 3. The van der Waals surface area contributed by atoms with E-state index in [9.17, 15) is 43.2 Å². The average molecular weight is 1450 g/mol. The largest absolute Gasteiger partial charge is 0.472 e. The van der Waals surface area contributed by atoms with E-state index in [-0.39, 0.29) is 25.7 Å². The number of rotatable bonds is 79. The molecule has 3 N–H and O–H groups in total. The lowest BCUT2D eigenvalue weighted by molar-refractivity contribution is -0.161. The lowest BCUT2D eigenvalue weighted by atomic mass is 10.0. The van der Waals surface area contributed by atoms with Crippen LogP contribution in [0.2, 0.25) is 0 Å². The zero-order valence-electron chi connectivity index (χ0n) is 64.8. The number of carbonyl (C=O) groups is 4. The third-order valence-electron chi connectivity index (χ3n) is 18.7. The molecule has 0 radical (unpaired) electrons. The van der Waals surface area contributed by atoms with Crippen molar-refractivity contribution in [3.63, 3.8) is 0 Å². The van der Waals surface area contributed by atoms with Crippen LogP contribution >= 0.6 is 15.6 Å². The summed E-state index contributed by atoms with van der Waals surface area (Å²) in [5, 5.41) is 10.6. The molecule has 2 unspecified atom stereocenters. The van der Waals surface area contributed by atoms with Gasteiger partial charge in [-0.25, -0.2) is 9.13 Å². The fraction of sp³-hybridized carbons (Fsp3) is 0.950. The molecule has 0 aliphatic heterocycles. The van der Waals surface area contributed by atoms with E-state index in [2.05, 4.69) is 41.5 Å². The van der Waals surface area contributed by atoms with E-state index in [4.69, 9.17) is 37.0 Å². The molecule has 0 aliphatic rings. The smallest absolute Gasteiger partial charge is 0.462 e. The molecular weight excluding hydrogens is 1290 g/mol. The Morgan fingerprint density at radius 2 is 0.465 bits per heavy atom. The summed E-state index contributed by atoms with van der Waals surface area (Å²) in [6.45, 7) is 9.57. The van der Waals surface area contributed by atoms with Gasteiger partial charge in [0.25, 0.3) is 0 Å². The zero-order chi connectivity index (χ0) is 72.8. The van der Waals surface area contributed by atoms with Crippen LogP contribution in [0.15, 0.2) is 0 Å². The Hall–Kier alpha value is -1.94. The Morgan fingerprint density at radius 1 is 0.273 bits per heavy atom. The number of hydrogen-bond acceptors (Lipinski definition) is 15. The van der Waals surface area contributed by atoms with Crippen molar-refractivity contribution in [2.75, 3.05) is 39.6 Å². The number of unbranched alkanes of at least 4 members (excludes halogenated alkanes) is 49. The Balaban J connectivity index is 5.21. The monoisotopic (exact) mass is 1450 g/mol. The van der Waals surface area contributed by atoms with Gasteiger partial charge in [-0.2, -0.15) is 0 Å². The van der Waals surface area contributed by atoms with Crippen LogP contribution in [0, 0.1) is 11.8 Å². The molecule has 0 amide bonds. The van der Waals surface area contributed by atoms with Crippen molar-refractivity contribution >= 4 is 39.5 Å². The Bertz CT molecular complexity index is 1910. The predicted molar refractivity (Wildman–Crippen MR) is 405 cm³/mol. The summed E-state index contributed by atoms with van der Waals surface area (Å²) < 4.78 is 68.6. The van der Waals surface area contributed by atoms with Gasteiger partial charge in [0.2, 0.25) is 0 Å². The third-order valence-corrected chi connectivity index (χ3v) is 20.6. The van der Waals surface area contributed by atoms with E-state index >= 15 is 0 Å². The molecule has 0 aromatic carbocycles. The van der Waals surface area contributed by atoms with E-state index in [0.29, 0.717) is 31.6 Å². The van der Waals surface area contributed by atoms with E-state index in [1.807, 2.05) is 0 Å². The van der Waals surface area contributed by atoms with Crippen LogP contribution in [0.3, 0.4) is 0 Å². The predicted octanol–water partition coefficient (Wildman–Crippen LogP) is 23.9. The SMILES string of the molecule is CCCCCCCCCCCCCCCCCCCCCCC(=O)O[C@H](COC(=O)CCCCCCCCCCCCCCCCC(C)C)COP(=O)(O)OC[C@@H](O)COP(=O)(O)OC[C@@H](COC(=O)CCCCCCCCC(C)C)OC(=O)CCCCCCCCCCCCCCC. The normalized spacial score (nSPS) is 13.9. The molecule has 588 valence electrons. The van der Waals surface area contributed by atoms with Gasteiger partial charge >= 0.3 is 39.5 Å². The highest BCUT2D eigenvalue weighted by Gasteiger charge is 2.30. The molecule has 0 rings (SSSR count). The molecule has 0 saturated carbocycles. The zero-order valence-corrected chi connectivity index (χ0v) is 66.6. The minimum Gasteiger partial charge on any atom is -0.462 e. The minimum absolute atomic E-state index is 0.107. The maximum absolute atomic E-state index is 13.1. The summed E-state index contributed by atoms with van der Waals surface area (Å²) in [6.07, 6.45) is 61.2. The van der Waals surface area contributed by atoms with Crippen LogP contribution in [0.4, 0.5) is 0 Å². The van der Waals surface area contributed by atoms with Gasteiger partial charge < -0.3 is 33.8 Å². The van der Waals surface area contributed by atoms with Gasteiger partial charge in [0, 0.05) is 25.7 Å². The Kier molecular flexibility index (Phi) is 70.3. The van der Waals surface area contributed by atoms with Gasteiger partial charge in [0.05, 0.1) is 26.4 Å². The molecule has 99 heavy (non-hydrogen) atoms. The molecule has 0 fully saturated rings. The van der Waals surface area contributed by atoms with Gasteiger partial charge in [-0.15, -0.1) is 0 Å². The molecule has 0 aliphatic carbocycles. The highest BCUT2D eigenvalue weighted by Crippen LogP contribution is 2.45. The number of phosphoric ester groups is 2. The summed E-state index contributed by atoms with van der Waals surface area (Å²) in [7, 11) is -9.92. The van der Waals surface area contributed by atoms with Gasteiger partial charge in [-0.3, -0.25) is 37.3 Å². The van der Waals surface area contributed by atoms with Crippen LogP contribution in [0.1, 0.15) is 420 Å². The maximum atomic E-state index is 13.1. The maximum Gasteiger partial charge on any atom is 0.472 e. The first-order valence-electron chi connectivity index (χ1n) is 41.5. The molecule has 19 heteroatoms. The molecule has 0 aromatic rings. The average Bonchev–Trinajstić information content (AvgIpc) is 1.58. The number of ether oxygens (including phenoxy) is 4. The van der Waals surface area contributed by atoms with E-state index in [1.54, 1.807) is 0 Å². The fourth-order valence-electron chi connectivity index (χ4n) is 12.4. The van der Waals surface area contributed by atoms with Crippen molar-refractivity contribution in [3.05, 3.63) is 0 Å². The highest BCUT2D eigenvalue weighted by molar-refractivity contribution is 7.47. The Labute approximate surface area is 607 Å². The summed E-state index contributed by atoms with van der Waals surface area (Å²) in [4.78, 5) is 72.9. The first-order valence-corrected chi connectivity index (χ1v) is 44.5. The number of carbonyl (C=O) groups excluding carboxylic acids is 4. The van der Waals surface area contributed by atoms with Crippen molar-refractivity contribution < 1.29 is 80.2 Å². The first-order chi connectivity index (χ1) is 47.9. The lowest BCUT2D eigenvalue weighted by Crippen LogP contribution is -2.30. The summed E-state index contributed by atoms with van der Waals surface area (Å²) >= 11 is 0. The second kappa shape index (κ2) is 71.7. The molecule has 0 bridgehead atoms. The van der Waals surface area contributed by atoms with Crippen molar-refractivity contribution in [2.24, 2.45) is 11.8 Å². The first kappa shape index (κ1) is 97.1. The number of phosphoric acid groups is 2. The van der Waals surface area contributed by atoms with Gasteiger partial charge in [0.15, 0.2) is 12.2 Å². The number of aliphatic hydroxyl groups excluding tert-OH is 1. The van der Waals surface area contributed by atoms with Crippen LogP contribution in [-0.2, 0) is 65.4 Å². The molecule has 0 heterocycles. The lowest BCUT2D eigenvalue weighted by Gasteiger charge is -2.21. The molecule has 0 aromatic heterocycles. The number of esters is 4. The topological polar surface area (TPSA) is 237 Å². The highest BCUT2D eigenvalue weighted by atomic mass is 31.2. The quantitative estimate of drug-likeness (QED) is 0.0222. The molecular formula is C80H156O17P2. The van der Waals surface area contributed by atoms with Crippen molar-refractivity contribution in [1.82, 2.24) is 0 Å². The van der Waals surface area contributed by atoms with Gasteiger partial charge in [-0.1, -0.05) is 369 Å². The summed E-state index contributed by atoms with van der Waals surface area (Å²) in [6, 6.07) is 0. The molecule has 0 saturated heterocycles. The number of aliphatic hydroxyl groups is 1. The van der Waals surface area contributed by atoms with E-state index in [0.717, 1.165) is 102 Å². The molecule has 0 spiro atoms. The summed E-state index contributed by atoms with van der Waals surface area (Å²) in [5.74, 6) is -0.633. The van der Waals surface area contributed by atoms with Crippen molar-refractivity contribution in [1.29, 1.82) is 0 Å². The van der Waals surface area contributed by atoms with Crippen LogP contribution in [0.5, 0.6) is 0 Å². The third kappa shape index (κ3) is 74.1. The second-order valence-electron chi connectivity index (χ2n) is 29.8. The van der Waals surface area contributed by atoms with Crippen molar-refractivity contribution in [3.8, 4) is 0 Å². The van der Waals surface area contributed by atoms with Crippen LogP contribution < -0.4 is 0 Å². The summed E-state index contributed by atoms with van der Waals surface area (Å²) in [5.41, 5.74) is 0. The van der Waals surface area contributed by atoms with E-state index in [1.165, 1.54) is 231 Å². The standard InChI is InChI=1S/C80H156O17P2/c1-7-9-11-13-15-17-19-21-22-23-24-25-26-27-33-37-41-45-53-59-65-79(84)96-75(68-90-77(82)62-56-50-43-39-35-32-29-28-31-34-38-42-48-54-60-72(3)4)70-94-98(86,87)92-66-74(81)67-93-99(88,89)95-71-76(69-91-78(83)63-57-51-47-46-49-55-61-73(5)6)97-80(85)64-58-52-44-40-36-30-20-18-16-14-12-10-8-2/h72-76,81H,7-71H2,1-6H3,(H,86,87)(H,88,89)/t74-,75-,76-/m1/s1. The fourth-order valence-corrected chi connectivity index (χ4v) is 13.9. The van der Waals surface area contributed by atoms with Crippen molar-refractivity contribution in [2.45, 2.75) is 439 Å². The van der Waals surface area contributed by atoms with E-state index < -0.39 is 97.5 Å².